The summed E-state index contributed by atoms with van der Waals surface area (Å²) in [5, 5.41) is 11.7. The zero-order valence-corrected chi connectivity index (χ0v) is 12.4. The van der Waals surface area contributed by atoms with Crippen LogP contribution in [0.3, 0.4) is 0 Å². The molecule has 0 spiro atoms. The third kappa shape index (κ3) is 7.48. The van der Waals surface area contributed by atoms with Gasteiger partial charge in [0.25, 0.3) is 0 Å². The summed E-state index contributed by atoms with van der Waals surface area (Å²) < 4.78 is 5.08. The smallest absolute Gasteiger partial charge is 0.303 e. The summed E-state index contributed by atoms with van der Waals surface area (Å²) in [6.07, 6.45) is 7.70. The van der Waals surface area contributed by atoms with Crippen LogP contribution < -0.4 is 5.32 Å². The van der Waals surface area contributed by atoms with Crippen molar-refractivity contribution in [2.75, 3.05) is 13.2 Å². The number of aliphatic carboxylic acids is 1. The Kier molecular flexibility index (Phi) is 8.26. The maximum absolute atomic E-state index is 11.7. The van der Waals surface area contributed by atoms with E-state index in [1.165, 1.54) is 32.1 Å². The monoisotopic (exact) mass is 285 g/mol. The minimum absolute atomic E-state index is 0.0397. The number of rotatable bonds is 9. The topological polar surface area (TPSA) is 75.6 Å². The van der Waals surface area contributed by atoms with Crippen LogP contribution in [-0.4, -0.2) is 36.2 Å². The van der Waals surface area contributed by atoms with Crippen molar-refractivity contribution in [2.45, 2.75) is 64.3 Å². The molecule has 0 radical (unpaired) electrons. The predicted molar refractivity (Wildman–Crippen MR) is 76.5 cm³/mol. The second-order valence-corrected chi connectivity index (χ2v) is 5.57. The molecule has 1 atom stereocenters. The molecule has 116 valence electrons. The number of hydrogen-bond donors (Lipinski definition) is 2. The minimum atomic E-state index is -0.808. The van der Waals surface area contributed by atoms with E-state index in [4.69, 9.17) is 9.84 Å². The second-order valence-electron chi connectivity index (χ2n) is 5.57. The molecule has 20 heavy (non-hydrogen) atoms. The van der Waals surface area contributed by atoms with Crippen molar-refractivity contribution in [3.63, 3.8) is 0 Å². The summed E-state index contributed by atoms with van der Waals surface area (Å²) >= 11 is 0. The van der Waals surface area contributed by atoms with E-state index in [2.05, 4.69) is 5.32 Å². The van der Waals surface area contributed by atoms with Gasteiger partial charge < -0.3 is 15.2 Å². The quantitative estimate of drug-likeness (QED) is 0.682. The van der Waals surface area contributed by atoms with Gasteiger partial charge in [-0.05, 0) is 25.7 Å². The van der Waals surface area contributed by atoms with Gasteiger partial charge in [-0.2, -0.15) is 0 Å². The average Bonchev–Trinajstić information content (AvgIpc) is 2.43. The van der Waals surface area contributed by atoms with Gasteiger partial charge in [0.15, 0.2) is 0 Å². The summed E-state index contributed by atoms with van der Waals surface area (Å²) in [6.45, 7) is 2.41. The standard InChI is InChI=1S/C15H27NO4/c1-2-20-11-14(17)16-13(8-9-15(18)19)10-12-6-4-3-5-7-12/h12-13H,2-11H2,1H3,(H,16,17)(H,18,19). The third-order valence-electron chi connectivity index (χ3n) is 3.85. The van der Waals surface area contributed by atoms with Crippen molar-refractivity contribution >= 4 is 11.9 Å². The first-order chi connectivity index (χ1) is 9.61. The highest BCUT2D eigenvalue weighted by atomic mass is 16.5. The molecule has 0 bridgehead atoms. The van der Waals surface area contributed by atoms with Gasteiger partial charge in [-0.3, -0.25) is 9.59 Å². The maximum atomic E-state index is 11.7. The van der Waals surface area contributed by atoms with E-state index in [9.17, 15) is 9.59 Å². The van der Waals surface area contributed by atoms with E-state index in [0.29, 0.717) is 18.9 Å². The van der Waals surface area contributed by atoms with Gasteiger partial charge in [-0.15, -0.1) is 0 Å². The molecule has 1 saturated carbocycles. The Morgan fingerprint density at radius 2 is 2.00 bits per heavy atom. The zero-order valence-electron chi connectivity index (χ0n) is 12.4. The van der Waals surface area contributed by atoms with Gasteiger partial charge >= 0.3 is 5.97 Å². The second kappa shape index (κ2) is 9.75. The van der Waals surface area contributed by atoms with Crippen LogP contribution in [0.1, 0.15) is 58.3 Å². The molecular formula is C15H27NO4. The number of hydrogen-bond acceptors (Lipinski definition) is 3. The van der Waals surface area contributed by atoms with E-state index in [1.807, 2.05) is 6.92 Å². The van der Waals surface area contributed by atoms with Crippen LogP contribution in [-0.2, 0) is 14.3 Å². The first-order valence-electron chi connectivity index (χ1n) is 7.70. The molecule has 0 aromatic carbocycles. The lowest BCUT2D eigenvalue weighted by Gasteiger charge is -2.27. The summed E-state index contributed by atoms with van der Waals surface area (Å²) in [5.74, 6) is -0.328. The molecular weight excluding hydrogens is 258 g/mol. The van der Waals surface area contributed by atoms with Crippen molar-refractivity contribution < 1.29 is 19.4 Å². The van der Waals surface area contributed by atoms with Crippen LogP contribution in [0, 0.1) is 5.92 Å². The minimum Gasteiger partial charge on any atom is -0.481 e. The predicted octanol–water partition coefficient (Wildman–Crippen LogP) is 2.34. The Morgan fingerprint density at radius 1 is 1.30 bits per heavy atom. The summed E-state index contributed by atoms with van der Waals surface area (Å²) in [5.41, 5.74) is 0. The van der Waals surface area contributed by atoms with Gasteiger partial charge in [0.1, 0.15) is 6.61 Å². The van der Waals surface area contributed by atoms with Crippen LogP contribution in [0.5, 0.6) is 0 Å². The van der Waals surface area contributed by atoms with Gasteiger partial charge in [0.2, 0.25) is 5.91 Å². The van der Waals surface area contributed by atoms with Crippen molar-refractivity contribution in [1.82, 2.24) is 5.32 Å². The molecule has 0 aromatic rings. The van der Waals surface area contributed by atoms with Crippen LogP contribution in [0.25, 0.3) is 0 Å². The molecule has 0 saturated heterocycles. The normalized spacial score (nSPS) is 17.6. The first kappa shape index (κ1) is 17.0. The van der Waals surface area contributed by atoms with Crippen molar-refractivity contribution in [3.8, 4) is 0 Å². The van der Waals surface area contributed by atoms with Crippen molar-refractivity contribution in [2.24, 2.45) is 5.92 Å². The highest BCUT2D eigenvalue weighted by molar-refractivity contribution is 5.77. The SMILES string of the molecule is CCOCC(=O)NC(CCC(=O)O)CC1CCCCC1. The number of ether oxygens (including phenoxy) is 1. The lowest BCUT2D eigenvalue weighted by molar-refractivity contribution is -0.137. The van der Waals surface area contributed by atoms with Gasteiger partial charge in [0, 0.05) is 19.1 Å². The Morgan fingerprint density at radius 3 is 2.60 bits per heavy atom. The molecule has 1 rings (SSSR count). The van der Waals surface area contributed by atoms with E-state index >= 15 is 0 Å². The van der Waals surface area contributed by atoms with E-state index in [0.717, 1.165) is 6.42 Å². The number of nitrogens with one attached hydrogen (secondary N) is 1. The average molecular weight is 285 g/mol. The summed E-state index contributed by atoms with van der Waals surface area (Å²) in [7, 11) is 0. The number of amides is 1. The molecule has 0 aliphatic heterocycles. The number of carbonyl (C=O) groups is 2. The van der Waals surface area contributed by atoms with Crippen LogP contribution in [0.2, 0.25) is 0 Å². The lowest BCUT2D eigenvalue weighted by atomic mass is 9.84. The summed E-state index contributed by atoms with van der Waals surface area (Å²) in [6, 6.07) is -0.0397. The maximum Gasteiger partial charge on any atom is 0.303 e. The highest BCUT2D eigenvalue weighted by Crippen LogP contribution is 2.28. The molecule has 1 aliphatic rings. The van der Waals surface area contributed by atoms with Gasteiger partial charge in [-0.1, -0.05) is 32.1 Å². The molecule has 0 aromatic heterocycles. The molecule has 1 amide bonds. The van der Waals surface area contributed by atoms with Crippen molar-refractivity contribution in [1.29, 1.82) is 0 Å². The molecule has 0 heterocycles. The fraction of sp³-hybridized carbons (Fsp3) is 0.867. The fourth-order valence-electron chi connectivity index (χ4n) is 2.84. The van der Waals surface area contributed by atoms with Crippen LogP contribution >= 0.6 is 0 Å². The Hall–Kier alpha value is -1.10. The van der Waals surface area contributed by atoms with E-state index in [1.54, 1.807) is 0 Å². The number of carboxylic acid groups (broad SMARTS) is 1. The molecule has 1 unspecified atom stereocenters. The highest BCUT2D eigenvalue weighted by Gasteiger charge is 2.21. The van der Waals surface area contributed by atoms with Crippen LogP contribution in [0.15, 0.2) is 0 Å². The fourth-order valence-corrected chi connectivity index (χ4v) is 2.84. The number of carboxylic acids is 1. The summed E-state index contributed by atoms with van der Waals surface area (Å²) in [4.78, 5) is 22.4. The Balaban J connectivity index is 2.40. The lowest BCUT2D eigenvalue weighted by Crippen LogP contribution is -2.39. The Labute approximate surface area is 121 Å². The van der Waals surface area contributed by atoms with Gasteiger partial charge in [0.05, 0.1) is 0 Å². The largest absolute Gasteiger partial charge is 0.481 e. The molecule has 5 heteroatoms. The Bertz CT molecular complexity index is 300. The number of carbonyl (C=O) groups excluding carboxylic acids is 1. The first-order valence-corrected chi connectivity index (χ1v) is 7.70. The third-order valence-corrected chi connectivity index (χ3v) is 3.85. The molecule has 1 aliphatic carbocycles. The van der Waals surface area contributed by atoms with E-state index in [-0.39, 0.29) is 25.0 Å². The zero-order chi connectivity index (χ0) is 14.8. The molecule has 1 fully saturated rings. The van der Waals surface area contributed by atoms with E-state index < -0.39 is 5.97 Å². The van der Waals surface area contributed by atoms with Gasteiger partial charge in [-0.25, -0.2) is 0 Å². The van der Waals surface area contributed by atoms with Crippen molar-refractivity contribution in [3.05, 3.63) is 0 Å². The van der Waals surface area contributed by atoms with Crippen LogP contribution in [0.4, 0.5) is 0 Å². The molecule has 5 nitrogen and oxygen atoms in total. The molecule has 2 N–H and O–H groups in total.